The highest BCUT2D eigenvalue weighted by atomic mass is 35.5. The lowest BCUT2D eigenvalue weighted by Gasteiger charge is -2.14. The summed E-state index contributed by atoms with van der Waals surface area (Å²) in [7, 11) is 0. The summed E-state index contributed by atoms with van der Waals surface area (Å²) >= 11 is 0. The highest BCUT2D eigenvalue weighted by molar-refractivity contribution is 5.95. The zero-order valence-electron chi connectivity index (χ0n) is 12.0. The molecule has 2 N–H and O–H groups in total. The van der Waals surface area contributed by atoms with Crippen molar-refractivity contribution in [3.05, 3.63) is 23.8 Å². The molecule has 1 heterocycles. The fourth-order valence-corrected chi connectivity index (χ4v) is 2.19. The minimum absolute atomic E-state index is 0. The lowest BCUT2D eigenvalue weighted by Crippen LogP contribution is -2.35. The molecule has 1 unspecified atom stereocenters. The zero-order valence-corrected chi connectivity index (χ0v) is 12.8. The Kier molecular flexibility index (Phi) is 6.49. The lowest BCUT2D eigenvalue weighted by molar-refractivity contribution is -0.153. The van der Waals surface area contributed by atoms with Crippen molar-refractivity contribution in [1.29, 1.82) is 0 Å². The summed E-state index contributed by atoms with van der Waals surface area (Å²) in [5.74, 6) is 0.0279. The first-order valence-electron chi connectivity index (χ1n) is 6.69. The van der Waals surface area contributed by atoms with Gasteiger partial charge in [-0.2, -0.15) is 13.2 Å². The number of hydrogen-bond donors (Lipinski definition) is 2. The second-order valence-corrected chi connectivity index (χ2v) is 5.02. The smallest absolute Gasteiger partial charge is 0.422 e. The summed E-state index contributed by atoms with van der Waals surface area (Å²) in [5, 5.41) is 5.82. The minimum atomic E-state index is -4.37. The Morgan fingerprint density at radius 2 is 2.18 bits per heavy atom. The lowest BCUT2D eigenvalue weighted by atomic mass is 10.1. The molecule has 8 heteroatoms. The second kappa shape index (κ2) is 7.69. The molecule has 0 radical (unpaired) electrons. The molecule has 1 fully saturated rings. The molecule has 0 saturated carbocycles. The number of halogens is 4. The normalized spacial score (nSPS) is 17.7. The van der Waals surface area contributed by atoms with E-state index in [1.807, 2.05) is 0 Å². The van der Waals surface area contributed by atoms with Crippen molar-refractivity contribution in [2.45, 2.75) is 32.0 Å². The van der Waals surface area contributed by atoms with E-state index in [9.17, 15) is 18.0 Å². The fourth-order valence-electron chi connectivity index (χ4n) is 2.19. The van der Waals surface area contributed by atoms with Gasteiger partial charge in [-0.25, -0.2) is 0 Å². The van der Waals surface area contributed by atoms with Gasteiger partial charge in [0.1, 0.15) is 5.75 Å². The van der Waals surface area contributed by atoms with E-state index in [-0.39, 0.29) is 30.1 Å². The second-order valence-electron chi connectivity index (χ2n) is 5.02. The molecule has 1 atom stereocenters. The van der Waals surface area contributed by atoms with Gasteiger partial charge in [0.25, 0.3) is 0 Å². The Hall–Kier alpha value is -1.47. The summed E-state index contributed by atoms with van der Waals surface area (Å²) in [6.07, 6.45) is -2.62. The molecule has 0 bridgehead atoms. The van der Waals surface area contributed by atoms with Gasteiger partial charge in [0, 0.05) is 5.69 Å². The molecule has 1 aliphatic heterocycles. The maximum absolute atomic E-state index is 12.1. The largest absolute Gasteiger partial charge is 0.484 e. The Labute approximate surface area is 132 Å². The van der Waals surface area contributed by atoms with Crippen LogP contribution in [0.2, 0.25) is 0 Å². The first-order valence-corrected chi connectivity index (χ1v) is 6.69. The summed E-state index contributed by atoms with van der Waals surface area (Å²) in [5.41, 5.74) is 1.09. The van der Waals surface area contributed by atoms with Gasteiger partial charge < -0.3 is 15.4 Å². The number of amides is 1. The van der Waals surface area contributed by atoms with Crippen LogP contribution in [0.5, 0.6) is 5.75 Å². The third-order valence-electron chi connectivity index (χ3n) is 3.21. The molecular weight excluding hydrogens is 321 g/mol. The van der Waals surface area contributed by atoms with Crippen LogP contribution in [0.4, 0.5) is 18.9 Å². The third-order valence-corrected chi connectivity index (χ3v) is 3.21. The molecule has 1 saturated heterocycles. The Balaban J connectivity index is 0.00000242. The highest BCUT2D eigenvalue weighted by Gasteiger charge is 2.28. The van der Waals surface area contributed by atoms with Crippen LogP contribution in [0, 0.1) is 6.92 Å². The van der Waals surface area contributed by atoms with Crippen molar-refractivity contribution in [2.24, 2.45) is 0 Å². The number of nitrogens with one attached hydrogen (secondary N) is 2. The van der Waals surface area contributed by atoms with Crippen molar-refractivity contribution >= 4 is 24.0 Å². The maximum atomic E-state index is 12.1. The Morgan fingerprint density at radius 1 is 1.45 bits per heavy atom. The Bertz CT molecular complexity index is 517. The van der Waals surface area contributed by atoms with Crippen LogP contribution in [0.25, 0.3) is 0 Å². The molecule has 0 spiro atoms. The van der Waals surface area contributed by atoms with Crippen LogP contribution in [0.1, 0.15) is 18.4 Å². The molecule has 22 heavy (non-hydrogen) atoms. The van der Waals surface area contributed by atoms with E-state index in [4.69, 9.17) is 4.74 Å². The summed E-state index contributed by atoms with van der Waals surface area (Å²) < 4.78 is 41.0. The number of benzene rings is 1. The molecule has 1 aromatic carbocycles. The molecule has 1 aliphatic rings. The quantitative estimate of drug-likeness (QED) is 0.887. The average molecular weight is 339 g/mol. The van der Waals surface area contributed by atoms with E-state index in [1.165, 1.54) is 12.1 Å². The average Bonchev–Trinajstić information content (AvgIpc) is 2.90. The van der Waals surface area contributed by atoms with Crippen molar-refractivity contribution in [3.8, 4) is 5.75 Å². The monoisotopic (exact) mass is 338 g/mol. The standard InChI is InChI=1S/C14H17F3N2O2.ClH/c1-9-7-10(19-13(20)11-3-2-6-18-11)4-5-12(9)21-8-14(15,16)17;/h4-5,7,11,18H,2-3,6,8H2,1H3,(H,19,20);1H. The van der Waals surface area contributed by atoms with Gasteiger partial charge in [0.2, 0.25) is 5.91 Å². The number of alkyl halides is 3. The van der Waals surface area contributed by atoms with Crippen LogP contribution in [-0.2, 0) is 4.79 Å². The summed E-state index contributed by atoms with van der Waals surface area (Å²) in [6.45, 7) is 1.13. The van der Waals surface area contributed by atoms with Crippen LogP contribution < -0.4 is 15.4 Å². The molecule has 1 aromatic rings. The summed E-state index contributed by atoms with van der Waals surface area (Å²) in [4.78, 5) is 11.9. The number of anilines is 1. The molecule has 1 amide bonds. The van der Waals surface area contributed by atoms with E-state index >= 15 is 0 Å². The van der Waals surface area contributed by atoms with E-state index < -0.39 is 12.8 Å². The highest BCUT2D eigenvalue weighted by Crippen LogP contribution is 2.24. The van der Waals surface area contributed by atoms with Crippen molar-refractivity contribution < 1.29 is 22.7 Å². The van der Waals surface area contributed by atoms with Crippen LogP contribution in [0.3, 0.4) is 0 Å². The van der Waals surface area contributed by atoms with Crippen LogP contribution in [0.15, 0.2) is 18.2 Å². The summed E-state index contributed by atoms with van der Waals surface area (Å²) in [6, 6.07) is 4.36. The van der Waals surface area contributed by atoms with Gasteiger partial charge in [-0.05, 0) is 50.1 Å². The molecule has 2 rings (SSSR count). The number of ether oxygens (including phenoxy) is 1. The predicted octanol–water partition coefficient (Wildman–Crippen LogP) is 3.05. The number of rotatable bonds is 4. The van der Waals surface area contributed by atoms with Gasteiger partial charge in [-0.3, -0.25) is 4.79 Å². The van der Waals surface area contributed by atoms with E-state index in [2.05, 4.69) is 10.6 Å². The molecular formula is C14H18ClF3N2O2. The van der Waals surface area contributed by atoms with E-state index in [0.717, 1.165) is 19.4 Å². The minimum Gasteiger partial charge on any atom is -0.484 e. The molecule has 0 aromatic heterocycles. The molecule has 124 valence electrons. The third kappa shape index (κ3) is 5.38. The number of hydrogen-bond acceptors (Lipinski definition) is 3. The first kappa shape index (κ1) is 18.6. The first-order chi connectivity index (χ1) is 9.85. The van der Waals surface area contributed by atoms with E-state index in [0.29, 0.717) is 11.3 Å². The maximum Gasteiger partial charge on any atom is 0.422 e. The number of aryl methyl sites for hydroxylation is 1. The van der Waals surface area contributed by atoms with Crippen LogP contribution >= 0.6 is 12.4 Å². The van der Waals surface area contributed by atoms with Crippen molar-refractivity contribution in [2.75, 3.05) is 18.5 Å². The zero-order chi connectivity index (χ0) is 15.5. The predicted molar refractivity (Wildman–Crippen MR) is 79.6 cm³/mol. The molecule has 4 nitrogen and oxygen atoms in total. The van der Waals surface area contributed by atoms with Crippen molar-refractivity contribution in [1.82, 2.24) is 5.32 Å². The van der Waals surface area contributed by atoms with E-state index in [1.54, 1.807) is 13.0 Å². The topological polar surface area (TPSA) is 50.4 Å². The van der Waals surface area contributed by atoms with Crippen LogP contribution in [-0.4, -0.2) is 31.3 Å². The SMILES string of the molecule is Cc1cc(NC(=O)C2CCCN2)ccc1OCC(F)(F)F.Cl. The number of carbonyl (C=O) groups excluding carboxylic acids is 1. The van der Waals surface area contributed by atoms with Gasteiger partial charge in [0.15, 0.2) is 6.61 Å². The Morgan fingerprint density at radius 3 is 2.73 bits per heavy atom. The van der Waals surface area contributed by atoms with Gasteiger partial charge in [0.05, 0.1) is 6.04 Å². The molecule has 0 aliphatic carbocycles. The van der Waals surface area contributed by atoms with Gasteiger partial charge >= 0.3 is 6.18 Å². The fraction of sp³-hybridized carbons (Fsp3) is 0.500. The van der Waals surface area contributed by atoms with Gasteiger partial charge in [-0.15, -0.1) is 12.4 Å². The van der Waals surface area contributed by atoms with Gasteiger partial charge in [-0.1, -0.05) is 0 Å². The van der Waals surface area contributed by atoms with Crippen molar-refractivity contribution in [3.63, 3.8) is 0 Å². The number of carbonyl (C=O) groups is 1.